The van der Waals surface area contributed by atoms with Crippen molar-refractivity contribution in [2.75, 3.05) is 13.6 Å². The molecule has 1 unspecified atom stereocenters. The first-order valence-corrected chi connectivity index (χ1v) is 9.03. The molecule has 0 aliphatic carbocycles. The summed E-state index contributed by atoms with van der Waals surface area (Å²) >= 11 is 0. The summed E-state index contributed by atoms with van der Waals surface area (Å²) in [5.41, 5.74) is 5.41. The maximum Gasteiger partial charge on any atom is 0.105 e. The number of hydrogen-bond donors (Lipinski definition) is 1. The molecule has 1 aliphatic rings. The van der Waals surface area contributed by atoms with Gasteiger partial charge in [0.05, 0.1) is 6.54 Å². The van der Waals surface area contributed by atoms with Gasteiger partial charge in [0.25, 0.3) is 0 Å². The summed E-state index contributed by atoms with van der Waals surface area (Å²) in [6.07, 6.45) is 1.03. The SMILES string of the molecule is Cc1ccc2c(c1)c1c(n2CC(C)(O)c2ccccc2)CCN(C)C1. The smallest absolute Gasteiger partial charge is 0.105 e. The Bertz CT molecular complexity index is 909. The van der Waals surface area contributed by atoms with Gasteiger partial charge < -0.3 is 14.6 Å². The molecule has 1 N–H and O–H groups in total. The first-order chi connectivity index (χ1) is 12.0. The highest BCUT2D eigenvalue weighted by Crippen LogP contribution is 2.34. The van der Waals surface area contributed by atoms with E-state index >= 15 is 0 Å². The molecular weight excluding hydrogens is 308 g/mol. The van der Waals surface area contributed by atoms with Gasteiger partial charge in [-0.1, -0.05) is 42.0 Å². The summed E-state index contributed by atoms with van der Waals surface area (Å²) in [5.74, 6) is 0. The minimum absolute atomic E-state index is 0.579. The second-order valence-corrected chi connectivity index (χ2v) is 7.66. The summed E-state index contributed by atoms with van der Waals surface area (Å²) in [6, 6.07) is 16.7. The van der Waals surface area contributed by atoms with E-state index in [0.29, 0.717) is 6.54 Å². The van der Waals surface area contributed by atoms with Crippen molar-refractivity contribution in [3.05, 3.63) is 70.9 Å². The van der Waals surface area contributed by atoms with E-state index in [1.54, 1.807) is 0 Å². The zero-order valence-corrected chi connectivity index (χ0v) is 15.3. The number of hydrogen-bond acceptors (Lipinski definition) is 2. The number of likely N-dealkylation sites (N-methyl/N-ethyl adjacent to an activating group) is 1. The van der Waals surface area contributed by atoms with Crippen LogP contribution in [0.5, 0.6) is 0 Å². The molecule has 4 rings (SSSR count). The van der Waals surface area contributed by atoms with Gasteiger partial charge in [0, 0.05) is 36.1 Å². The van der Waals surface area contributed by atoms with Gasteiger partial charge in [-0.15, -0.1) is 0 Å². The highest BCUT2D eigenvalue weighted by Gasteiger charge is 2.28. The Morgan fingerprint density at radius 1 is 1.12 bits per heavy atom. The molecule has 0 saturated heterocycles. The van der Waals surface area contributed by atoms with Crippen LogP contribution in [0.25, 0.3) is 10.9 Å². The van der Waals surface area contributed by atoms with Crippen molar-refractivity contribution in [3.63, 3.8) is 0 Å². The van der Waals surface area contributed by atoms with Gasteiger partial charge in [-0.25, -0.2) is 0 Å². The minimum Gasteiger partial charge on any atom is -0.384 e. The number of rotatable bonds is 3. The predicted molar refractivity (Wildman–Crippen MR) is 103 cm³/mol. The molecule has 0 spiro atoms. The van der Waals surface area contributed by atoms with E-state index in [2.05, 4.69) is 41.6 Å². The van der Waals surface area contributed by atoms with E-state index in [0.717, 1.165) is 25.1 Å². The number of benzene rings is 2. The Balaban J connectivity index is 1.85. The molecule has 0 saturated carbocycles. The largest absolute Gasteiger partial charge is 0.384 e. The van der Waals surface area contributed by atoms with Gasteiger partial charge in [-0.2, -0.15) is 0 Å². The van der Waals surface area contributed by atoms with Crippen molar-refractivity contribution in [1.29, 1.82) is 0 Å². The molecule has 2 aromatic carbocycles. The van der Waals surface area contributed by atoms with Crippen LogP contribution in [0.2, 0.25) is 0 Å². The number of aryl methyl sites for hydroxylation is 1. The lowest BCUT2D eigenvalue weighted by molar-refractivity contribution is 0.0385. The van der Waals surface area contributed by atoms with Crippen LogP contribution in [0.1, 0.15) is 29.3 Å². The van der Waals surface area contributed by atoms with Crippen LogP contribution in [-0.2, 0) is 25.1 Å². The summed E-state index contributed by atoms with van der Waals surface area (Å²) in [7, 11) is 2.18. The fourth-order valence-corrected chi connectivity index (χ4v) is 4.08. The quantitative estimate of drug-likeness (QED) is 0.788. The molecule has 1 aliphatic heterocycles. The first kappa shape index (κ1) is 16.4. The molecule has 25 heavy (non-hydrogen) atoms. The Morgan fingerprint density at radius 3 is 2.64 bits per heavy atom. The van der Waals surface area contributed by atoms with Crippen molar-refractivity contribution in [3.8, 4) is 0 Å². The molecule has 0 bridgehead atoms. The third-order valence-electron chi connectivity index (χ3n) is 5.46. The van der Waals surface area contributed by atoms with Crippen molar-refractivity contribution in [2.45, 2.75) is 39.0 Å². The monoisotopic (exact) mass is 334 g/mol. The molecule has 3 nitrogen and oxygen atoms in total. The zero-order valence-electron chi connectivity index (χ0n) is 15.3. The molecular formula is C22H26N2O. The van der Waals surface area contributed by atoms with Crippen LogP contribution in [-0.4, -0.2) is 28.2 Å². The number of aromatic nitrogens is 1. The highest BCUT2D eigenvalue weighted by atomic mass is 16.3. The van der Waals surface area contributed by atoms with Gasteiger partial charge >= 0.3 is 0 Å². The Kier molecular flexibility index (Phi) is 3.94. The van der Waals surface area contributed by atoms with E-state index < -0.39 is 5.60 Å². The number of nitrogens with zero attached hydrogens (tertiary/aromatic N) is 2. The van der Waals surface area contributed by atoms with Gasteiger partial charge in [-0.3, -0.25) is 0 Å². The average Bonchev–Trinajstić information content (AvgIpc) is 2.88. The minimum atomic E-state index is -0.894. The standard InChI is InChI=1S/C22H26N2O/c1-16-9-10-20-18(13-16)19-14-23(3)12-11-21(19)24(20)15-22(2,25)17-7-5-4-6-8-17/h4-10,13,25H,11-12,14-15H2,1-3H3. The second-order valence-electron chi connectivity index (χ2n) is 7.66. The molecule has 1 aromatic heterocycles. The van der Waals surface area contributed by atoms with Crippen molar-refractivity contribution in [1.82, 2.24) is 9.47 Å². The fraction of sp³-hybridized carbons (Fsp3) is 0.364. The van der Waals surface area contributed by atoms with E-state index in [4.69, 9.17) is 0 Å². The van der Waals surface area contributed by atoms with E-state index in [1.807, 2.05) is 37.3 Å². The molecule has 0 fully saturated rings. The van der Waals surface area contributed by atoms with Gasteiger partial charge in [0.2, 0.25) is 0 Å². The first-order valence-electron chi connectivity index (χ1n) is 9.03. The van der Waals surface area contributed by atoms with Crippen molar-refractivity contribution >= 4 is 10.9 Å². The molecule has 130 valence electrons. The highest BCUT2D eigenvalue weighted by molar-refractivity contribution is 5.86. The third kappa shape index (κ3) is 2.88. The maximum absolute atomic E-state index is 11.2. The third-order valence-corrected chi connectivity index (χ3v) is 5.46. The predicted octanol–water partition coefficient (Wildman–Crippen LogP) is 3.85. The maximum atomic E-state index is 11.2. The summed E-state index contributed by atoms with van der Waals surface area (Å²) in [4.78, 5) is 2.38. The molecule has 1 atom stereocenters. The normalized spacial score (nSPS) is 17.4. The van der Waals surface area contributed by atoms with Gasteiger partial charge in [0.1, 0.15) is 5.60 Å². The molecule has 0 radical (unpaired) electrons. The van der Waals surface area contributed by atoms with Crippen LogP contribution < -0.4 is 0 Å². The lowest BCUT2D eigenvalue weighted by Crippen LogP contribution is -2.31. The average molecular weight is 334 g/mol. The van der Waals surface area contributed by atoms with Crippen LogP contribution in [0, 0.1) is 6.92 Å². The number of aliphatic hydroxyl groups is 1. The van der Waals surface area contributed by atoms with E-state index in [-0.39, 0.29) is 0 Å². The van der Waals surface area contributed by atoms with Gasteiger partial charge in [0.15, 0.2) is 0 Å². The Morgan fingerprint density at radius 2 is 1.88 bits per heavy atom. The van der Waals surface area contributed by atoms with Crippen molar-refractivity contribution in [2.24, 2.45) is 0 Å². The molecule has 0 amide bonds. The second kappa shape index (κ2) is 6.01. The van der Waals surface area contributed by atoms with E-state index in [1.165, 1.54) is 27.7 Å². The lowest BCUT2D eigenvalue weighted by atomic mass is 9.95. The summed E-state index contributed by atoms with van der Waals surface area (Å²) in [6.45, 7) is 6.70. The summed E-state index contributed by atoms with van der Waals surface area (Å²) in [5, 5.41) is 12.5. The van der Waals surface area contributed by atoms with Crippen LogP contribution >= 0.6 is 0 Å². The van der Waals surface area contributed by atoms with Gasteiger partial charge in [-0.05, 0) is 44.2 Å². The summed E-state index contributed by atoms with van der Waals surface area (Å²) < 4.78 is 2.35. The van der Waals surface area contributed by atoms with E-state index in [9.17, 15) is 5.11 Å². The molecule has 2 heterocycles. The Labute approximate surface area is 149 Å². The van der Waals surface area contributed by atoms with Crippen LogP contribution in [0.15, 0.2) is 48.5 Å². The molecule has 3 aromatic rings. The molecule has 3 heteroatoms. The lowest BCUT2D eigenvalue weighted by Gasteiger charge is -2.29. The Hall–Kier alpha value is -2.10. The topological polar surface area (TPSA) is 28.4 Å². The van der Waals surface area contributed by atoms with Crippen molar-refractivity contribution < 1.29 is 5.11 Å². The fourth-order valence-electron chi connectivity index (χ4n) is 4.08. The number of fused-ring (bicyclic) bond motifs is 3. The zero-order chi connectivity index (χ0) is 17.6. The van der Waals surface area contributed by atoms with Crippen LogP contribution in [0.4, 0.5) is 0 Å². The van der Waals surface area contributed by atoms with Crippen LogP contribution in [0.3, 0.4) is 0 Å².